The maximum Gasteiger partial charge on any atom is 0.270 e. The predicted molar refractivity (Wildman–Crippen MR) is 137 cm³/mol. The van der Waals surface area contributed by atoms with Crippen molar-refractivity contribution in [2.75, 3.05) is 50.7 Å². The molecule has 2 aromatic heterocycles. The summed E-state index contributed by atoms with van der Waals surface area (Å²) in [6.45, 7) is 6.79. The number of anilines is 1. The van der Waals surface area contributed by atoms with E-state index in [0.29, 0.717) is 0 Å². The molecule has 0 aliphatic carbocycles. The lowest BCUT2D eigenvalue weighted by molar-refractivity contribution is 0.0725. The van der Waals surface area contributed by atoms with Gasteiger partial charge in [0.05, 0.1) is 0 Å². The first-order valence-electron chi connectivity index (χ1n) is 11.3. The summed E-state index contributed by atoms with van der Waals surface area (Å²) in [5.41, 5.74) is 3.26. The van der Waals surface area contributed by atoms with Gasteiger partial charge in [-0.25, -0.2) is 9.97 Å². The van der Waals surface area contributed by atoms with E-state index in [1.54, 1.807) is 12.4 Å². The number of nitrogens with zero attached hydrogens (tertiary/aromatic N) is 6. The van der Waals surface area contributed by atoms with Gasteiger partial charge in [0, 0.05) is 69.6 Å². The number of unbranched alkanes of at least 4 members (excludes halogenated alkanes) is 1. The van der Waals surface area contributed by atoms with Gasteiger partial charge in [0.25, 0.3) is 5.91 Å². The van der Waals surface area contributed by atoms with Crippen molar-refractivity contribution in [3.63, 3.8) is 0 Å². The van der Waals surface area contributed by atoms with E-state index in [9.17, 15) is 4.79 Å². The lowest BCUT2D eigenvalue weighted by atomic mass is 10.0. The van der Waals surface area contributed by atoms with E-state index in [-0.39, 0.29) is 30.7 Å². The topological polar surface area (TPSA) is 57.5 Å². The Labute approximate surface area is 207 Å². The van der Waals surface area contributed by atoms with Gasteiger partial charge in [-0.3, -0.25) is 9.69 Å². The van der Waals surface area contributed by atoms with Crippen LogP contribution in [0, 0.1) is 0 Å². The third-order valence-electron chi connectivity index (χ3n) is 6.69. The van der Waals surface area contributed by atoms with Crippen molar-refractivity contribution in [2.24, 2.45) is 7.05 Å². The second-order valence-corrected chi connectivity index (χ2v) is 8.53. The van der Waals surface area contributed by atoms with Crippen LogP contribution in [0.3, 0.4) is 0 Å². The zero-order valence-electron chi connectivity index (χ0n) is 19.0. The average molecular weight is 491 g/mol. The summed E-state index contributed by atoms with van der Waals surface area (Å²) >= 11 is 0. The standard InChI is InChI=1S/C24H30N6O.2ClH/c1-27-21-8-3-2-7-19(21)20-9-14-29(23(31)22(20)27)13-5-4-12-28-15-17-30(18-16-28)24-25-10-6-11-26-24;;/h2-3,6-8,10-11H,4-5,9,12-18H2,1H3;2*1H. The zero-order chi connectivity index (χ0) is 21.2. The van der Waals surface area contributed by atoms with E-state index in [1.165, 1.54) is 10.9 Å². The Hall–Kier alpha value is -2.35. The lowest BCUT2D eigenvalue weighted by Gasteiger charge is -2.34. The minimum Gasteiger partial charge on any atom is -0.339 e. The van der Waals surface area contributed by atoms with E-state index < -0.39 is 0 Å². The molecule has 5 rings (SSSR count). The van der Waals surface area contributed by atoms with Crippen LogP contribution in [0.4, 0.5) is 5.95 Å². The third-order valence-corrected chi connectivity index (χ3v) is 6.69. The summed E-state index contributed by atoms with van der Waals surface area (Å²) in [5, 5.41) is 1.23. The second kappa shape index (κ2) is 11.2. The Morgan fingerprint density at radius 1 is 0.879 bits per heavy atom. The number of rotatable bonds is 6. The van der Waals surface area contributed by atoms with Gasteiger partial charge in [-0.15, -0.1) is 24.8 Å². The van der Waals surface area contributed by atoms with Crippen LogP contribution in [0.15, 0.2) is 42.7 Å². The summed E-state index contributed by atoms with van der Waals surface area (Å²) in [6, 6.07) is 10.2. The highest BCUT2D eigenvalue weighted by molar-refractivity contribution is 6.02. The summed E-state index contributed by atoms with van der Waals surface area (Å²) in [4.78, 5) is 28.7. The number of carbonyl (C=O) groups excluding carboxylic acids is 1. The smallest absolute Gasteiger partial charge is 0.270 e. The minimum atomic E-state index is 0. The first-order chi connectivity index (χ1) is 15.2. The molecular formula is C24H32Cl2N6O. The van der Waals surface area contributed by atoms with Crippen LogP contribution in [-0.2, 0) is 13.5 Å². The summed E-state index contributed by atoms with van der Waals surface area (Å²) in [7, 11) is 2.02. The predicted octanol–water partition coefficient (Wildman–Crippen LogP) is 3.41. The van der Waals surface area contributed by atoms with E-state index in [2.05, 4.69) is 42.5 Å². The average Bonchev–Trinajstić information content (AvgIpc) is 3.12. The molecule has 7 nitrogen and oxygen atoms in total. The van der Waals surface area contributed by atoms with Gasteiger partial charge >= 0.3 is 0 Å². The Morgan fingerprint density at radius 2 is 1.58 bits per heavy atom. The SMILES string of the molecule is Cl.Cl.Cn1c2c(c3ccccc31)CCN(CCCCN1CCN(c3ncccn3)CC1)C2=O. The van der Waals surface area contributed by atoms with Crippen LogP contribution >= 0.6 is 24.8 Å². The number of hydrogen-bond acceptors (Lipinski definition) is 5. The molecule has 1 saturated heterocycles. The molecule has 0 atom stereocenters. The Bertz CT molecular complexity index is 1070. The molecule has 1 fully saturated rings. The number of piperazine rings is 1. The van der Waals surface area contributed by atoms with Crippen molar-refractivity contribution in [3.05, 3.63) is 54.0 Å². The second-order valence-electron chi connectivity index (χ2n) is 8.53. The fourth-order valence-corrected chi connectivity index (χ4v) is 4.97. The van der Waals surface area contributed by atoms with Crippen molar-refractivity contribution in [1.29, 1.82) is 0 Å². The molecule has 2 aliphatic rings. The molecule has 0 saturated carbocycles. The van der Waals surface area contributed by atoms with Gasteiger partial charge in [0.2, 0.25) is 5.95 Å². The fourth-order valence-electron chi connectivity index (χ4n) is 4.97. The van der Waals surface area contributed by atoms with Crippen LogP contribution < -0.4 is 4.90 Å². The lowest BCUT2D eigenvalue weighted by Crippen LogP contribution is -2.47. The van der Waals surface area contributed by atoms with E-state index in [4.69, 9.17) is 0 Å². The molecule has 1 aromatic carbocycles. The number of amides is 1. The van der Waals surface area contributed by atoms with Gasteiger partial charge in [-0.05, 0) is 43.5 Å². The molecule has 0 radical (unpaired) electrons. The minimum absolute atomic E-state index is 0. The molecule has 0 unspecified atom stereocenters. The molecule has 0 bridgehead atoms. The highest BCUT2D eigenvalue weighted by Gasteiger charge is 2.29. The maximum atomic E-state index is 13.2. The van der Waals surface area contributed by atoms with Crippen LogP contribution in [0.25, 0.3) is 10.9 Å². The van der Waals surface area contributed by atoms with Gasteiger partial charge in [0.15, 0.2) is 0 Å². The van der Waals surface area contributed by atoms with Crippen molar-refractivity contribution >= 4 is 47.6 Å². The fraction of sp³-hybridized carbons (Fsp3) is 0.458. The molecule has 1 amide bonds. The van der Waals surface area contributed by atoms with E-state index >= 15 is 0 Å². The van der Waals surface area contributed by atoms with Crippen LogP contribution in [-0.4, -0.2) is 76.1 Å². The quantitative estimate of drug-likeness (QED) is 0.495. The number of para-hydroxylation sites is 1. The van der Waals surface area contributed by atoms with Crippen LogP contribution in [0.1, 0.15) is 28.9 Å². The number of fused-ring (bicyclic) bond motifs is 3. The molecule has 0 N–H and O–H groups in total. The monoisotopic (exact) mass is 490 g/mol. The Balaban J connectivity index is 0.00000153. The van der Waals surface area contributed by atoms with Gasteiger partial charge in [-0.2, -0.15) is 0 Å². The number of benzene rings is 1. The van der Waals surface area contributed by atoms with E-state index in [0.717, 1.165) is 82.2 Å². The van der Waals surface area contributed by atoms with Crippen LogP contribution in [0.5, 0.6) is 0 Å². The number of carbonyl (C=O) groups is 1. The number of hydrogen-bond donors (Lipinski definition) is 0. The molecule has 33 heavy (non-hydrogen) atoms. The van der Waals surface area contributed by atoms with Gasteiger partial charge in [0.1, 0.15) is 5.69 Å². The maximum absolute atomic E-state index is 13.2. The molecule has 178 valence electrons. The zero-order valence-corrected chi connectivity index (χ0v) is 20.7. The van der Waals surface area contributed by atoms with Crippen molar-refractivity contribution < 1.29 is 4.79 Å². The summed E-state index contributed by atoms with van der Waals surface area (Å²) < 4.78 is 2.08. The number of aryl methyl sites for hydroxylation is 1. The van der Waals surface area contributed by atoms with Gasteiger partial charge < -0.3 is 14.4 Å². The Morgan fingerprint density at radius 3 is 2.33 bits per heavy atom. The largest absolute Gasteiger partial charge is 0.339 e. The molecule has 0 spiro atoms. The van der Waals surface area contributed by atoms with Crippen molar-refractivity contribution in [3.8, 4) is 0 Å². The highest BCUT2D eigenvalue weighted by atomic mass is 35.5. The summed E-state index contributed by atoms with van der Waals surface area (Å²) in [6.07, 6.45) is 6.72. The molecule has 3 aromatic rings. The van der Waals surface area contributed by atoms with Gasteiger partial charge in [-0.1, -0.05) is 18.2 Å². The number of aromatic nitrogens is 3. The third kappa shape index (κ3) is 5.10. The van der Waals surface area contributed by atoms with Crippen LogP contribution in [0.2, 0.25) is 0 Å². The first kappa shape index (κ1) is 25.3. The van der Waals surface area contributed by atoms with Crippen molar-refractivity contribution in [2.45, 2.75) is 19.3 Å². The summed E-state index contributed by atoms with van der Waals surface area (Å²) in [5.74, 6) is 1.02. The molecular weight excluding hydrogens is 459 g/mol. The number of halogens is 2. The van der Waals surface area contributed by atoms with E-state index in [1.807, 2.05) is 24.1 Å². The normalized spacial score (nSPS) is 16.3. The molecule has 2 aliphatic heterocycles. The Kier molecular flexibility index (Phi) is 8.57. The molecule has 4 heterocycles. The van der Waals surface area contributed by atoms with Crippen molar-refractivity contribution in [1.82, 2.24) is 24.3 Å². The molecule has 9 heteroatoms. The first-order valence-corrected chi connectivity index (χ1v) is 11.3. The highest BCUT2D eigenvalue weighted by Crippen LogP contribution is 2.30.